The third kappa shape index (κ3) is 4.63. The van der Waals surface area contributed by atoms with Crippen LogP contribution in [0.5, 0.6) is 11.5 Å². The Kier molecular flexibility index (Phi) is 5.14. The van der Waals surface area contributed by atoms with Gasteiger partial charge in [0.2, 0.25) is 0 Å². The molecule has 1 atom stereocenters. The number of carbonyl (C=O) groups excluding carboxylic acids is 1. The van der Waals surface area contributed by atoms with Gasteiger partial charge in [-0.25, -0.2) is 0 Å². The second kappa shape index (κ2) is 6.69. The van der Waals surface area contributed by atoms with E-state index in [1.807, 2.05) is 12.1 Å². The molecule has 1 heterocycles. The van der Waals surface area contributed by atoms with Crippen LogP contribution in [0.25, 0.3) is 0 Å². The molecule has 0 bridgehead atoms. The molecule has 1 aromatic carbocycles. The molecule has 116 valence electrons. The van der Waals surface area contributed by atoms with Gasteiger partial charge in [-0.15, -0.1) is 0 Å². The average Bonchev–Trinajstić information content (AvgIpc) is 2.42. The molecule has 0 saturated carbocycles. The van der Waals surface area contributed by atoms with Crippen LogP contribution in [-0.2, 0) is 0 Å². The van der Waals surface area contributed by atoms with E-state index < -0.39 is 0 Å². The van der Waals surface area contributed by atoms with Gasteiger partial charge in [0, 0.05) is 11.4 Å². The lowest BCUT2D eigenvalue weighted by Crippen LogP contribution is -2.32. The van der Waals surface area contributed by atoms with Crippen molar-refractivity contribution in [3.8, 4) is 11.5 Å². The molecule has 2 rings (SSSR count). The van der Waals surface area contributed by atoms with E-state index in [-0.39, 0.29) is 16.1 Å². The number of halogens is 1. The van der Waals surface area contributed by atoms with Crippen molar-refractivity contribution in [1.29, 1.82) is 0 Å². The molecule has 21 heavy (non-hydrogen) atoms. The molecule has 5 heteroatoms. The van der Waals surface area contributed by atoms with Crippen LogP contribution in [0.15, 0.2) is 18.2 Å². The van der Waals surface area contributed by atoms with Gasteiger partial charge >= 0.3 is 0 Å². The van der Waals surface area contributed by atoms with Crippen molar-refractivity contribution in [3.05, 3.63) is 23.8 Å². The summed E-state index contributed by atoms with van der Waals surface area (Å²) in [6.45, 7) is 8.13. The normalized spacial score (nSPS) is 15.4. The molecule has 1 unspecified atom stereocenters. The SMILES string of the molecule is CC(C)(C)CC(Br)CNC(=O)c1cccc2c1OCCO2. The molecule has 0 fully saturated rings. The van der Waals surface area contributed by atoms with Crippen LogP contribution in [0.2, 0.25) is 0 Å². The minimum atomic E-state index is -0.129. The maximum absolute atomic E-state index is 12.3. The molecule has 0 aromatic heterocycles. The van der Waals surface area contributed by atoms with Crippen molar-refractivity contribution in [2.75, 3.05) is 19.8 Å². The van der Waals surface area contributed by atoms with Crippen LogP contribution in [-0.4, -0.2) is 30.5 Å². The third-order valence-corrected chi connectivity index (χ3v) is 3.78. The summed E-state index contributed by atoms with van der Waals surface area (Å²) in [4.78, 5) is 12.6. The Morgan fingerprint density at radius 2 is 2.05 bits per heavy atom. The van der Waals surface area contributed by atoms with Crippen molar-refractivity contribution in [2.24, 2.45) is 5.41 Å². The molecule has 0 aliphatic carbocycles. The summed E-state index contributed by atoms with van der Waals surface area (Å²) in [7, 11) is 0. The molecule has 0 saturated heterocycles. The van der Waals surface area contributed by atoms with Crippen LogP contribution >= 0.6 is 15.9 Å². The zero-order chi connectivity index (χ0) is 15.5. The summed E-state index contributed by atoms with van der Waals surface area (Å²) in [5, 5.41) is 2.95. The Morgan fingerprint density at radius 1 is 1.33 bits per heavy atom. The number of alkyl halides is 1. The molecule has 1 aliphatic rings. The first-order valence-corrected chi connectivity index (χ1v) is 8.09. The monoisotopic (exact) mass is 355 g/mol. The molecule has 1 N–H and O–H groups in total. The minimum absolute atomic E-state index is 0.129. The van der Waals surface area contributed by atoms with Crippen molar-refractivity contribution in [3.63, 3.8) is 0 Å². The molecule has 1 aromatic rings. The zero-order valence-electron chi connectivity index (χ0n) is 12.7. The Bertz CT molecular complexity index is 511. The summed E-state index contributed by atoms with van der Waals surface area (Å²) in [5.74, 6) is 1.05. The zero-order valence-corrected chi connectivity index (χ0v) is 14.3. The van der Waals surface area contributed by atoms with E-state index in [0.29, 0.717) is 36.8 Å². The van der Waals surface area contributed by atoms with Gasteiger partial charge in [0.15, 0.2) is 11.5 Å². The Labute approximate surface area is 134 Å². The minimum Gasteiger partial charge on any atom is -0.486 e. The number of para-hydroxylation sites is 1. The van der Waals surface area contributed by atoms with E-state index in [9.17, 15) is 4.79 Å². The standard InChI is InChI=1S/C16H22BrNO3/c1-16(2,3)9-11(17)10-18-15(19)12-5-4-6-13-14(12)21-8-7-20-13/h4-6,11H,7-10H2,1-3H3,(H,18,19). The Balaban J connectivity index is 1.98. The average molecular weight is 356 g/mol. The van der Waals surface area contributed by atoms with Gasteiger partial charge in [-0.1, -0.05) is 42.8 Å². The number of carbonyl (C=O) groups is 1. The highest BCUT2D eigenvalue weighted by Crippen LogP contribution is 2.33. The Hall–Kier alpha value is -1.23. The number of benzene rings is 1. The second-order valence-corrected chi connectivity index (χ2v) is 7.70. The van der Waals surface area contributed by atoms with E-state index in [4.69, 9.17) is 9.47 Å². The quantitative estimate of drug-likeness (QED) is 0.842. The van der Waals surface area contributed by atoms with Gasteiger partial charge in [-0.2, -0.15) is 0 Å². The van der Waals surface area contributed by atoms with Crippen LogP contribution in [0.3, 0.4) is 0 Å². The van der Waals surface area contributed by atoms with Crippen LogP contribution in [0.1, 0.15) is 37.6 Å². The summed E-state index contributed by atoms with van der Waals surface area (Å²) in [6, 6.07) is 5.39. The van der Waals surface area contributed by atoms with Crippen molar-refractivity contribution < 1.29 is 14.3 Å². The highest BCUT2D eigenvalue weighted by molar-refractivity contribution is 9.09. The van der Waals surface area contributed by atoms with E-state index in [1.165, 1.54) is 0 Å². The van der Waals surface area contributed by atoms with Gasteiger partial charge in [-0.3, -0.25) is 4.79 Å². The van der Waals surface area contributed by atoms with E-state index in [1.54, 1.807) is 6.07 Å². The predicted molar refractivity (Wildman–Crippen MR) is 86.6 cm³/mol. The number of rotatable bonds is 4. The lowest BCUT2D eigenvalue weighted by atomic mass is 9.90. The fourth-order valence-corrected chi connectivity index (χ4v) is 3.42. The fraction of sp³-hybridized carbons (Fsp3) is 0.562. The fourth-order valence-electron chi connectivity index (χ4n) is 2.29. The molecular weight excluding hydrogens is 334 g/mol. The summed E-state index contributed by atoms with van der Waals surface area (Å²) in [5.41, 5.74) is 0.754. The Morgan fingerprint density at radius 3 is 2.76 bits per heavy atom. The molecule has 1 aliphatic heterocycles. The molecule has 0 spiro atoms. The second-order valence-electron chi connectivity index (χ2n) is 6.40. The third-order valence-electron chi connectivity index (χ3n) is 3.13. The van der Waals surface area contributed by atoms with Gasteiger partial charge in [0.1, 0.15) is 13.2 Å². The van der Waals surface area contributed by atoms with Crippen molar-refractivity contribution in [1.82, 2.24) is 5.32 Å². The lowest BCUT2D eigenvalue weighted by molar-refractivity contribution is 0.0941. The number of ether oxygens (including phenoxy) is 2. The molecular formula is C16H22BrNO3. The number of amides is 1. The molecule has 4 nitrogen and oxygen atoms in total. The highest BCUT2D eigenvalue weighted by Gasteiger charge is 2.21. The van der Waals surface area contributed by atoms with Gasteiger partial charge < -0.3 is 14.8 Å². The summed E-state index contributed by atoms with van der Waals surface area (Å²) >= 11 is 3.62. The topological polar surface area (TPSA) is 47.6 Å². The van der Waals surface area contributed by atoms with E-state index >= 15 is 0 Å². The maximum Gasteiger partial charge on any atom is 0.255 e. The number of hydrogen-bond acceptors (Lipinski definition) is 3. The smallest absolute Gasteiger partial charge is 0.255 e. The van der Waals surface area contributed by atoms with Crippen LogP contribution in [0.4, 0.5) is 0 Å². The van der Waals surface area contributed by atoms with Crippen molar-refractivity contribution in [2.45, 2.75) is 32.0 Å². The molecule has 1 amide bonds. The molecule has 0 radical (unpaired) electrons. The van der Waals surface area contributed by atoms with Gasteiger partial charge in [0.05, 0.1) is 5.56 Å². The predicted octanol–water partition coefficient (Wildman–Crippen LogP) is 3.39. The van der Waals surface area contributed by atoms with Crippen LogP contribution < -0.4 is 14.8 Å². The summed E-state index contributed by atoms with van der Waals surface area (Å²) in [6.07, 6.45) is 0.986. The van der Waals surface area contributed by atoms with Crippen LogP contribution in [0, 0.1) is 5.41 Å². The first-order chi connectivity index (χ1) is 9.87. The lowest BCUT2D eigenvalue weighted by Gasteiger charge is -2.23. The summed E-state index contributed by atoms with van der Waals surface area (Å²) < 4.78 is 11.1. The maximum atomic E-state index is 12.3. The van der Waals surface area contributed by atoms with E-state index in [0.717, 1.165) is 6.42 Å². The largest absolute Gasteiger partial charge is 0.486 e. The van der Waals surface area contributed by atoms with Gasteiger partial charge in [0.25, 0.3) is 5.91 Å². The number of fused-ring (bicyclic) bond motifs is 1. The highest BCUT2D eigenvalue weighted by atomic mass is 79.9. The number of hydrogen-bond donors (Lipinski definition) is 1. The first kappa shape index (κ1) is 16.1. The van der Waals surface area contributed by atoms with Crippen molar-refractivity contribution >= 4 is 21.8 Å². The first-order valence-electron chi connectivity index (χ1n) is 7.18. The number of nitrogens with one attached hydrogen (secondary N) is 1. The van der Waals surface area contributed by atoms with Gasteiger partial charge in [-0.05, 0) is 24.0 Å². The van der Waals surface area contributed by atoms with E-state index in [2.05, 4.69) is 42.0 Å².